The maximum Gasteiger partial charge on any atom is 0.184 e. The normalized spacial score (nSPS) is 46.6. The number of fused-ring (bicyclic) bond motifs is 5. The standard InChI is InChI=1S/C24H39NO2Si/c1-22-13-10-18(25-26-4)16-17(22)8-9-19-20(22)11-14-23(2)21(19)12-15-24(23,3)27-28(5,6)7/h10,13,16,19-21H,8-9,11-12,14-15H2,1-7H3/b25-18-/t19-,20+,21+,22+,23+,24?/m1/s1. The van der Waals surface area contributed by atoms with Crippen molar-refractivity contribution in [2.24, 2.45) is 33.7 Å². The van der Waals surface area contributed by atoms with Crippen molar-refractivity contribution < 1.29 is 9.26 Å². The first kappa shape index (κ1) is 20.4. The summed E-state index contributed by atoms with van der Waals surface area (Å²) < 4.78 is 6.89. The van der Waals surface area contributed by atoms with Gasteiger partial charge in [-0.05, 0) is 100 Å². The van der Waals surface area contributed by atoms with E-state index in [2.05, 4.69) is 63.8 Å². The lowest BCUT2D eigenvalue weighted by Gasteiger charge is -2.59. The van der Waals surface area contributed by atoms with Crippen LogP contribution in [0.2, 0.25) is 19.6 Å². The largest absolute Gasteiger partial charge is 0.412 e. The van der Waals surface area contributed by atoms with E-state index in [9.17, 15) is 0 Å². The van der Waals surface area contributed by atoms with Crippen molar-refractivity contribution in [2.75, 3.05) is 7.11 Å². The molecule has 4 rings (SSSR count). The highest BCUT2D eigenvalue weighted by Crippen LogP contribution is 2.67. The zero-order chi connectivity index (χ0) is 20.4. The van der Waals surface area contributed by atoms with E-state index in [-0.39, 0.29) is 11.0 Å². The quantitative estimate of drug-likeness (QED) is 0.408. The number of allylic oxidation sites excluding steroid dienone is 4. The summed E-state index contributed by atoms with van der Waals surface area (Å²) >= 11 is 0. The topological polar surface area (TPSA) is 30.8 Å². The maximum atomic E-state index is 6.89. The summed E-state index contributed by atoms with van der Waals surface area (Å²) in [6.07, 6.45) is 14.6. The Bertz CT molecular complexity index is 735. The molecule has 0 spiro atoms. The molecular formula is C24H39NO2Si. The molecule has 0 amide bonds. The molecule has 0 aromatic heterocycles. The molecule has 1 unspecified atom stereocenters. The molecule has 0 bridgehead atoms. The van der Waals surface area contributed by atoms with Crippen LogP contribution in [0.4, 0.5) is 0 Å². The number of nitrogens with zero attached hydrogens (tertiary/aromatic N) is 1. The lowest BCUT2D eigenvalue weighted by Crippen LogP contribution is -2.56. The summed E-state index contributed by atoms with van der Waals surface area (Å²) in [5.41, 5.74) is 3.11. The van der Waals surface area contributed by atoms with E-state index in [1.165, 1.54) is 38.5 Å². The summed E-state index contributed by atoms with van der Waals surface area (Å²) in [6.45, 7) is 14.5. The summed E-state index contributed by atoms with van der Waals surface area (Å²) in [5.74, 6) is 2.37. The highest BCUT2D eigenvalue weighted by Gasteiger charge is 2.63. The predicted octanol–water partition coefficient (Wildman–Crippen LogP) is 6.34. The van der Waals surface area contributed by atoms with Gasteiger partial charge in [-0.25, -0.2) is 0 Å². The molecule has 3 saturated carbocycles. The Morgan fingerprint density at radius 3 is 2.43 bits per heavy atom. The number of rotatable bonds is 3. The molecule has 6 atom stereocenters. The van der Waals surface area contributed by atoms with E-state index in [1.54, 1.807) is 12.7 Å². The molecule has 156 valence electrons. The number of oxime groups is 1. The molecule has 0 radical (unpaired) electrons. The fraction of sp³-hybridized carbons (Fsp3) is 0.792. The molecular weight excluding hydrogens is 362 g/mol. The van der Waals surface area contributed by atoms with E-state index in [0.717, 1.165) is 23.5 Å². The fourth-order valence-corrected chi connectivity index (χ4v) is 9.13. The third-order valence-corrected chi connectivity index (χ3v) is 9.89. The van der Waals surface area contributed by atoms with Gasteiger partial charge >= 0.3 is 0 Å². The predicted molar refractivity (Wildman–Crippen MR) is 119 cm³/mol. The van der Waals surface area contributed by atoms with Crippen LogP contribution in [0.25, 0.3) is 0 Å². The van der Waals surface area contributed by atoms with Gasteiger partial charge in [-0.1, -0.05) is 30.7 Å². The zero-order valence-electron chi connectivity index (χ0n) is 19.0. The van der Waals surface area contributed by atoms with Crippen molar-refractivity contribution in [1.29, 1.82) is 0 Å². The first-order valence-electron chi connectivity index (χ1n) is 11.2. The number of hydrogen-bond acceptors (Lipinski definition) is 3. The third-order valence-electron chi connectivity index (χ3n) is 8.83. The number of hydrogen-bond donors (Lipinski definition) is 0. The molecule has 3 nitrogen and oxygen atoms in total. The van der Waals surface area contributed by atoms with Crippen LogP contribution < -0.4 is 0 Å². The van der Waals surface area contributed by atoms with Crippen LogP contribution in [0.3, 0.4) is 0 Å². The molecule has 0 aromatic rings. The first-order valence-corrected chi connectivity index (χ1v) is 14.6. The van der Waals surface area contributed by atoms with Crippen molar-refractivity contribution in [2.45, 2.75) is 84.5 Å². The van der Waals surface area contributed by atoms with Crippen molar-refractivity contribution in [3.8, 4) is 0 Å². The third kappa shape index (κ3) is 2.97. The van der Waals surface area contributed by atoms with Gasteiger partial charge in [0.05, 0.1) is 5.60 Å². The van der Waals surface area contributed by atoms with E-state index in [1.807, 2.05) is 0 Å². The Morgan fingerprint density at radius 2 is 1.75 bits per heavy atom. The first-order chi connectivity index (χ1) is 13.0. The van der Waals surface area contributed by atoms with Gasteiger partial charge < -0.3 is 9.26 Å². The van der Waals surface area contributed by atoms with Crippen molar-refractivity contribution in [3.05, 3.63) is 23.8 Å². The Labute approximate surface area is 172 Å². The van der Waals surface area contributed by atoms with Crippen LogP contribution in [-0.4, -0.2) is 26.7 Å². The molecule has 0 aromatic carbocycles. The minimum Gasteiger partial charge on any atom is -0.412 e. The van der Waals surface area contributed by atoms with Gasteiger partial charge in [0.25, 0.3) is 0 Å². The van der Waals surface area contributed by atoms with E-state index >= 15 is 0 Å². The summed E-state index contributed by atoms with van der Waals surface area (Å²) in [6, 6.07) is 0. The molecule has 3 fully saturated rings. The second kappa shape index (κ2) is 6.56. The lowest BCUT2D eigenvalue weighted by molar-refractivity contribution is -0.102. The summed E-state index contributed by atoms with van der Waals surface area (Å²) in [5, 5.41) is 4.17. The monoisotopic (exact) mass is 401 g/mol. The molecule has 28 heavy (non-hydrogen) atoms. The summed E-state index contributed by atoms with van der Waals surface area (Å²) in [7, 11) is 0.0653. The second-order valence-corrected chi connectivity index (χ2v) is 15.8. The Morgan fingerprint density at radius 1 is 1.04 bits per heavy atom. The molecule has 0 heterocycles. The van der Waals surface area contributed by atoms with Crippen molar-refractivity contribution in [1.82, 2.24) is 0 Å². The van der Waals surface area contributed by atoms with Gasteiger partial charge in [0.2, 0.25) is 0 Å². The van der Waals surface area contributed by atoms with Crippen LogP contribution in [0, 0.1) is 28.6 Å². The SMILES string of the molecule is CO/N=C1/C=C[C@@]2(C)C(=C1)CC[C@@H]1[C@@H]2CC[C@@]2(C)[C@H]1CCC2(C)O[Si](C)(C)C. The van der Waals surface area contributed by atoms with E-state index < -0.39 is 8.32 Å². The molecule has 4 aliphatic carbocycles. The van der Waals surface area contributed by atoms with Crippen LogP contribution in [0.5, 0.6) is 0 Å². The van der Waals surface area contributed by atoms with Gasteiger partial charge in [0.15, 0.2) is 8.32 Å². The Hall–Kier alpha value is -0.873. The van der Waals surface area contributed by atoms with Crippen molar-refractivity contribution >= 4 is 14.0 Å². The average molecular weight is 402 g/mol. The van der Waals surface area contributed by atoms with Crippen LogP contribution in [0.15, 0.2) is 29.0 Å². The molecule has 4 aliphatic rings. The van der Waals surface area contributed by atoms with Crippen LogP contribution in [-0.2, 0) is 9.26 Å². The highest BCUT2D eigenvalue weighted by molar-refractivity contribution is 6.69. The van der Waals surface area contributed by atoms with Crippen LogP contribution in [0.1, 0.15) is 59.3 Å². The second-order valence-electron chi connectivity index (χ2n) is 11.3. The van der Waals surface area contributed by atoms with Crippen LogP contribution >= 0.6 is 0 Å². The molecule has 0 N–H and O–H groups in total. The van der Waals surface area contributed by atoms with Gasteiger partial charge in [-0.3, -0.25) is 0 Å². The average Bonchev–Trinajstić information content (AvgIpc) is 2.85. The molecule has 0 saturated heterocycles. The highest BCUT2D eigenvalue weighted by atomic mass is 28.4. The van der Waals surface area contributed by atoms with Gasteiger partial charge in [-0.2, -0.15) is 0 Å². The molecule has 4 heteroatoms. The zero-order valence-corrected chi connectivity index (χ0v) is 20.0. The van der Waals surface area contributed by atoms with E-state index in [0.29, 0.717) is 5.41 Å². The maximum absolute atomic E-state index is 6.89. The van der Waals surface area contributed by atoms with Gasteiger partial charge in [0, 0.05) is 5.41 Å². The Kier molecular flexibility index (Phi) is 4.78. The minimum absolute atomic E-state index is 0.0603. The van der Waals surface area contributed by atoms with Crippen molar-refractivity contribution in [3.63, 3.8) is 0 Å². The van der Waals surface area contributed by atoms with E-state index in [4.69, 9.17) is 9.26 Å². The Balaban J connectivity index is 1.63. The fourth-order valence-electron chi connectivity index (χ4n) is 7.44. The smallest absolute Gasteiger partial charge is 0.184 e. The summed E-state index contributed by atoms with van der Waals surface area (Å²) in [4.78, 5) is 5.01. The van der Waals surface area contributed by atoms with Gasteiger partial charge in [0.1, 0.15) is 12.8 Å². The minimum atomic E-state index is -1.57. The van der Waals surface area contributed by atoms with Gasteiger partial charge in [-0.15, -0.1) is 0 Å². The molecule has 0 aliphatic heterocycles. The lowest BCUT2D eigenvalue weighted by atomic mass is 9.47.